The zero-order chi connectivity index (χ0) is 14.1. The van der Waals surface area contributed by atoms with Crippen molar-refractivity contribution >= 4 is 11.9 Å². The zero-order valence-electron chi connectivity index (χ0n) is 11.9. The normalized spacial score (nSPS) is 28.5. The second-order valence-electron chi connectivity index (χ2n) is 5.40. The van der Waals surface area contributed by atoms with Crippen molar-refractivity contribution in [3.05, 3.63) is 18.0 Å². The molecule has 6 heteroatoms. The van der Waals surface area contributed by atoms with Gasteiger partial charge < -0.3 is 15.0 Å². The number of nitrogens with zero attached hydrogens (tertiary/aromatic N) is 3. The van der Waals surface area contributed by atoms with Crippen LogP contribution in [0.1, 0.15) is 18.9 Å². The van der Waals surface area contributed by atoms with E-state index in [0.717, 1.165) is 30.9 Å². The predicted molar refractivity (Wildman–Crippen MR) is 74.5 cm³/mol. The number of ether oxygens (including phenoxy) is 1. The second-order valence-corrected chi connectivity index (χ2v) is 5.40. The van der Waals surface area contributed by atoms with Crippen molar-refractivity contribution in [3.8, 4) is 0 Å². The number of aryl methyl sites for hydroxylation is 1. The summed E-state index contributed by atoms with van der Waals surface area (Å²) in [5.41, 5.74) is 1.13. The molecule has 2 bridgehead atoms. The minimum atomic E-state index is -0.0526. The lowest BCUT2D eigenvalue weighted by Crippen LogP contribution is -2.45. The second kappa shape index (κ2) is 5.36. The van der Waals surface area contributed by atoms with E-state index >= 15 is 0 Å². The fourth-order valence-corrected chi connectivity index (χ4v) is 2.98. The van der Waals surface area contributed by atoms with Gasteiger partial charge in [-0.3, -0.25) is 4.79 Å². The summed E-state index contributed by atoms with van der Waals surface area (Å²) >= 11 is 0. The van der Waals surface area contributed by atoms with Gasteiger partial charge in [-0.2, -0.15) is 0 Å². The van der Waals surface area contributed by atoms with Crippen molar-refractivity contribution in [2.24, 2.45) is 5.92 Å². The highest BCUT2D eigenvalue weighted by Gasteiger charge is 2.44. The van der Waals surface area contributed by atoms with Crippen LogP contribution in [-0.4, -0.2) is 48.2 Å². The van der Waals surface area contributed by atoms with Gasteiger partial charge in [0.25, 0.3) is 0 Å². The molecule has 0 spiro atoms. The highest BCUT2D eigenvalue weighted by atomic mass is 16.5. The van der Waals surface area contributed by atoms with E-state index in [9.17, 15) is 4.79 Å². The molecule has 3 rings (SSSR count). The standard InChI is InChI=1S/C14H20N4O2/c1-3-9-5-16-14(17-6-9)18-7-10-4-11(13(19)15-2)12(8-18)20-10/h5-6,10-12H,3-4,7-8H2,1-2H3,(H,15,19)/t10-,11+,12-/m1/s1. The van der Waals surface area contributed by atoms with Crippen LogP contribution in [0.5, 0.6) is 0 Å². The molecule has 3 heterocycles. The molecule has 6 nitrogen and oxygen atoms in total. The molecule has 0 unspecified atom stereocenters. The lowest BCUT2D eigenvalue weighted by molar-refractivity contribution is -0.126. The van der Waals surface area contributed by atoms with E-state index in [0.29, 0.717) is 6.54 Å². The van der Waals surface area contributed by atoms with Gasteiger partial charge in [0, 0.05) is 32.5 Å². The average Bonchev–Trinajstić information content (AvgIpc) is 2.80. The van der Waals surface area contributed by atoms with Gasteiger partial charge in [-0.1, -0.05) is 6.92 Å². The Hall–Kier alpha value is -1.69. The molecule has 1 aromatic heterocycles. The number of morpholine rings is 1. The molecule has 0 aliphatic carbocycles. The highest BCUT2D eigenvalue weighted by Crippen LogP contribution is 2.33. The molecule has 0 saturated carbocycles. The summed E-state index contributed by atoms with van der Waals surface area (Å²) in [7, 11) is 1.68. The smallest absolute Gasteiger partial charge is 0.225 e. The predicted octanol–water partition coefficient (Wildman–Crippen LogP) is 0.379. The number of rotatable bonds is 3. The quantitative estimate of drug-likeness (QED) is 0.864. The summed E-state index contributed by atoms with van der Waals surface area (Å²) < 4.78 is 5.87. The lowest BCUT2D eigenvalue weighted by atomic mass is 10.00. The van der Waals surface area contributed by atoms with Crippen molar-refractivity contribution in [1.82, 2.24) is 15.3 Å². The van der Waals surface area contributed by atoms with E-state index in [1.165, 1.54) is 0 Å². The van der Waals surface area contributed by atoms with Crippen LogP contribution >= 0.6 is 0 Å². The van der Waals surface area contributed by atoms with E-state index in [4.69, 9.17) is 4.74 Å². The summed E-state index contributed by atoms with van der Waals surface area (Å²) in [5.74, 6) is 0.754. The SMILES string of the molecule is CCc1cnc(N2C[C@H]3C[C@H](C(=O)NC)[C@@H](C2)O3)nc1. The van der Waals surface area contributed by atoms with Crippen molar-refractivity contribution in [2.45, 2.75) is 32.0 Å². The average molecular weight is 276 g/mol. The molecule has 2 fully saturated rings. The van der Waals surface area contributed by atoms with Gasteiger partial charge in [0.15, 0.2) is 0 Å². The molecule has 2 aliphatic rings. The molecule has 108 valence electrons. The molecule has 0 radical (unpaired) electrons. The third-order valence-corrected chi connectivity index (χ3v) is 4.12. The van der Waals surface area contributed by atoms with Crippen molar-refractivity contribution in [3.63, 3.8) is 0 Å². The maximum Gasteiger partial charge on any atom is 0.225 e. The summed E-state index contributed by atoms with van der Waals surface area (Å²) in [5, 5.41) is 2.72. The van der Waals surface area contributed by atoms with Crippen LogP contribution in [0.25, 0.3) is 0 Å². The van der Waals surface area contributed by atoms with Gasteiger partial charge in [0.2, 0.25) is 11.9 Å². The maximum absolute atomic E-state index is 11.8. The first-order chi connectivity index (χ1) is 9.71. The highest BCUT2D eigenvalue weighted by molar-refractivity contribution is 5.79. The number of carbonyl (C=O) groups excluding carboxylic acids is 1. The third-order valence-electron chi connectivity index (χ3n) is 4.12. The van der Waals surface area contributed by atoms with Gasteiger partial charge >= 0.3 is 0 Å². The first-order valence-electron chi connectivity index (χ1n) is 7.14. The Morgan fingerprint density at radius 2 is 2.20 bits per heavy atom. The number of aromatic nitrogens is 2. The fourth-order valence-electron chi connectivity index (χ4n) is 2.98. The first-order valence-corrected chi connectivity index (χ1v) is 7.14. The van der Waals surface area contributed by atoms with Crippen molar-refractivity contribution < 1.29 is 9.53 Å². The van der Waals surface area contributed by atoms with Gasteiger partial charge in [-0.25, -0.2) is 9.97 Å². The van der Waals surface area contributed by atoms with E-state index in [1.54, 1.807) is 7.05 Å². The number of nitrogens with one attached hydrogen (secondary N) is 1. The van der Waals surface area contributed by atoms with E-state index < -0.39 is 0 Å². The van der Waals surface area contributed by atoms with Gasteiger partial charge in [0.1, 0.15) is 0 Å². The Bertz CT molecular complexity index is 490. The Kier molecular flexibility index (Phi) is 3.56. The molecule has 1 N–H and O–H groups in total. The van der Waals surface area contributed by atoms with Crippen LogP contribution in [-0.2, 0) is 16.0 Å². The molecule has 1 amide bonds. The van der Waals surface area contributed by atoms with Crippen LogP contribution in [0.15, 0.2) is 12.4 Å². The maximum atomic E-state index is 11.8. The number of hydrogen-bond acceptors (Lipinski definition) is 5. The van der Waals surface area contributed by atoms with Crippen LogP contribution < -0.4 is 10.2 Å². The summed E-state index contributed by atoms with van der Waals surface area (Å²) in [6, 6.07) is 0. The summed E-state index contributed by atoms with van der Waals surface area (Å²) in [6.07, 6.45) is 5.52. The van der Waals surface area contributed by atoms with Gasteiger partial charge in [0.05, 0.1) is 18.1 Å². The Balaban J connectivity index is 1.73. The number of hydrogen-bond donors (Lipinski definition) is 1. The van der Waals surface area contributed by atoms with Crippen LogP contribution in [0.2, 0.25) is 0 Å². The Morgan fingerprint density at radius 3 is 2.85 bits per heavy atom. The minimum absolute atomic E-state index is 0.0510. The van der Waals surface area contributed by atoms with Crippen molar-refractivity contribution in [1.29, 1.82) is 0 Å². The summed E-state index contributed by atoms with van der Waals surface area (Å²) in [6.45, 7) is 3.52. The fraction of sp³-hybridized carbons (Fsp3) is 0.643. The van der Waals surface area contributed by atoms with Crippen LogP contribution in [0.3, 0.4) is 0 Å². The van der Waals surface area contributed by atoms with Crippen LogP contribution in [0, 0.1) is 5.92 Å². The number of fused-ring (bicyclic) bond motifs is 2. The number of carbonyl (C=O) groups is 1. The molecule has 2 aliphatic heterocycles. The van der Waals surface area contributed by atoms with E-state index in [2.05, 4.69) is 27.1 Å². The molecular formula is C14H20N4O2. The molecule has 20 heavy (non-hydrogen) atoms. The first kappa shape index (κ1) is 13.3. The van der Waals surface area contributed by atoms with E-state index in [-0.39, 0.29) is 24.0 Å². The minimum Gasteiger partial charge on any atom is -0.370 e. The monoisotopic (exact) mass is 276 g/mol. The van der Waals surface area contributed by atoms with Crippen molar-refractivity contribution in [2.75, 3.05) is 25.0 Å². The number of amides is 1. The van der Waals surface area contributed by atoms with E-state index in [1.807, 2.05) is 12.4 Å². The molecule has 3 atom stereocenters. The summed E-state index contributed by atoms with van der Waals surface area (Å²) in [4.78, 5) is 22.8. The zero-order valence-corrected chi connectivity index (χ0v) is 11.9. The van der Waals surface area contributed by atoms with Gasteiger partial charge in [-0.05, 0) is 18.4 Å². The topological polar surface area (TPSA) is 67.4 Å². The van der Waals surface area contributed by atoms with Gasteiger partial charge in [-0.15, -0.1) is 0 Å². The Morgan fingerprint density at radius 1 is 1.45 bits per heavy atom. The van der Waals surface area contributed by atoms with Crippen LogP contribution in [0.4, 0.5) is 5.95 Å². The molecule has 1 aromatic rings. The third kappa shape index (κ3) is 2.35. The lowest BCUT2D eigenvalue weighted by Gasteiger charge is -2.32. The largest absolute Gasteiger partial charge is 0.370 e. The molecular weight excluding hydrogens is 256 g/mol. The Labute approximate surface area is 118 Å². The molecule has 0 aromatic carbocycles. The molecule has 2 saturated heterocycles. The number of anilines is 1.